The van der Waals surface area contributed by atoms with Crippen molar-refractivity contribution in [3.8, 4) is 0 Å². The van der Waals surface area contributed by atoms with E-state index in [1.165, 1.54) is 6.42 Å². The van der Waals surface area contributed by atoms with Crippen molar-refractivity contribution in [3.05, 3.63) is 35.0 Å². The van der Waals surface area contributed by atoms with Crippen LogP contribution in [0.3, 0.4) is 0 Å². The summed E-state index contributed by atoms with van der Waals surface area (Å²) in [5, 5.41) is 6.95. The number of nitrogens with zero attached hydrogens (tertiary/aromatic N) is 1. The standard InChI is InChI=1S/C17H22N2O2S/c1-2-6-19-9-14-13(15-3-5-17(14,11-19)21-15)8-18-16(20)12-4-7-22-10-12/h2,4,7,10,13-15H,1,3,5-6,8-9,11H2,(H,18,20)/t13-,14+,15+,17+/m0/s1. The van der Waals surface area contributed by atoms with Crippen molar-refractivity contribution in [1.29, 1.82) is 0 Å². The van der Waals surface area contributed by atoms with Gasteiger partial charge in [0.05, 0.1) is 11.7 Å². The molecule has 4 atom stereocenters. The van der Waals surface area contributed by atoms with Crippen LogP contribution in [0.5, 0.6) is 0 Å². The molecule has 22 heavy (non-hydrogen) atoms. The molecule has 1 amide bonds. The average molecular weight is 318 g/mol. The van der Waals surface area contributed by atoms with Crippen LogP contribution in [-0.2, 0) is 4.74 Å². The van der Waals surface area contributed by atoms with Gasteiger partial charge in [0, 0.05) is 49.0 Å². The molecule has 3 aliphatic heterocycles. The number of ether oxygens (including phenoxy) is 1. The Balaban J connectivity index is 1.42. The summed E-state index contributed by atoms with van der Waals surface area (Å²) in [6.07, 6.45) is 4.61. The molecule has 0 aliphatic carbocycles. The number of hydrogen-bond acceptors (Lipinski definition) is 4. The molecule has 5 heteroatoms. The maximum atomic E-state index is 12.2. The fraction of sp³-hybridized carbons (Fsp3) is 0.588. The molecule has 3 saturated heterocycles. The predicted molar refractivity (Wildman–Crippen MR) is 87.1 cm³/mol. The molecule has 118 valence electrons. The molecule has 3 fully saturated rings. The summed E-state index contributed by atoms with van der Waals surface area (Å²) in [5.41, 5.74) is 0.814. The van der Waals surface area contributed by atoms with Crippen LogP contribution in [0, 0.1) is 11.8 Å². The van der Waals surface area contributed by atoms with Crippen LogP contribution >= 0.6 is 11.3 Å². The number of hydrogen-bond donors (Lipinski definition) is 1. The molecule has 3 aliphatic rings. The second kappa shape index (κ2) is 5.48. The monoisotopic (exact) mass is 318 g/mol. The van der Waals surface area contributed by atoms with Gasteiger partial charge in [0.25, 0.3) is 5.91 Å². The van der Waals surface area contributed by atoms with Gasteiger partial charge in [-0.05, 0) is 24.3 Å². The van der Waals surface area contributed by atoms with Gasteiger partial charge < -0.3 is 10.1 Å². The smallest absolute Gasteiger partial charge is 0.252 e. The van der Waals surface area contributed by atoms with E-state index in [0.29, 0.717) is 17.9 Å². The molecule has 1 N–H and O–H groups in total. The van der Waals surface area contributed by atoms with Crippen molar-refractivity contribution >= 4 is 17.2 Å². The molecule has 4 rings (SSSR count). The molecule has 0 saturated carbocycles. The zero-order valence-electron chi connectivity index (χ0n) is 12.7. The maximum Gasteiger partial charge on any atom is 0.252 e. The van der Waals surface area contributed by atoms with Gasteiger partial charge in [0.15, 0.2) is 0 Å². The number of fused-ring (bicyclic) bond motifs is 1. The molecular formula is C17H22N2O2S. The van der Waals surface area contributed by atoms with E-state index in [4.69, 9.17) is 4.74 Å². The van der Waals surface area contributed by atoms with E-state index >= 15 is 0 Å². The van der Waals surface area contributed by atoms with Gasteiger partial charge in [0.2, 0.25) is 0 Å². The summed E-state index contributed by atoms with van der Waals surface area (Å²) < 4.78 is 6.37. The van der Waals surface area contributed by atoms with Crippen molar-refractivity contribution in [2.45, 2.75) is 24.5 Å². The number of carbonyl (C=O) groups excluding carboxylic acids is 1. The molecule has 4 heterocycles. The lowest BCUT2D eigenvalue weighted by Gasteiger charge is -2.29. The summed E-state index contributed by atoms with van der Waals surface area (Å²) >= 11 is 1.56. The first-order chi connectivity index (χ1) is 10.7. The number of rotatable bonds is 5. The Labute approximate surface area is 135 Å². The Morgan fingerprint density at radius 3 is 3.32 bits per heavy atom. The van der Waals surface area contributed by atoms with E-state index in [9.17, 15) is 4.79 Å². The second-order valence-electron chi connectivity index (χ2n) is 6.73. The van der Waals surface area contributed by atoms with Crippen LogP contribution in [0.4, 0.5) is 0 Å². The van der Waals surface area contributed by atoms with Gasteiger partial charge in [-0.1, -0.05) is 6.08 Å². The largest absolute Gasteiger partial charge is 0.370 e. The van der Waals surface area contributed by atoms with Crippen molar-refractivity contribution in [2.75, 3.05) is 26.2 Å². The lowest BCUT2D eigenvalue weighted by atomic mass is 9.73. The SMILES string of the molecule is C=CCN1C[C@@H]2[C@H](CNC(=O)c3ccsc3)[C@H]3CC[C@]2(C1)O3. The molecule has 0 unspecified atom stereocenters. The molecule has 2 bridgehead atoms. The van der Waals surface area contributed by atoms with Crippen LogP contribution in [0.1, 0.15) is 23.2 Å². The van der Waals surface area contributed by atoms with E-state index in [0.717, 1.165) is 38.2 Å². The van der Waals surface area contributed by atoms with Crippen LogP contribution in [0.2, 0.25) is 0 Å². The zero-order chi connectivity index (χ0) is 15.2. The van der Waals surface area contributed by atoms with E-state index in [-0.39, 0.29) is 11.5 Å². The third-order valence-corrected chi connectivity index (χ3v) is 6.21. The fourth-order valence-electron chi connectivity index (χ4n) is 4.59. The first-order valence-electron chi connectivity index (χ1n) is 8.03. The molecule has 4 nitrogen and oxygen atoms in total. The summed E-state index contributed by atoms with van der Waals surface area (Å²) in [4.78, 5) is 14.6. The van der Waals surface area contributed by atoms with E-state index in [2.05, 4.69) is 16.8 Å². The van der Waals surface area contributed by atoms with Gasteiger partial charge in [-0.2, -0.15) is 11.3 Å². The molecular weight excluding hydrogens is 296 g/mol. The minimum Gasteiger partial charge on any atom is -0.370 e. The Hall–Kier alpha value is -1.17. The number of nitrogens with one attached hydrogen (secondary N) is 1. The van der Waals surface area contributed by atoms with Crippen LogP contribution < -0.4 is 5.32 Å². The van der Waals surface area contributed by atoms with Crippen LogP contribution in [-0.4, -0.2) is 48.7 Å². The molecule has 1 aromatic rings. The summed E-state index contributed by atoms with van der Waals surface area (Å²) in [6.45, 7) is 7.60. The molecule has 0 aromatic carbocycles. The van der Waals surface area contributed by atoms with Crippen molar-refractivity contribution in [2.24, 2.45) is 11.8 Å². The van der Waals surface area contributed by atoms with Gasteiger partial charge >= 0.3 is 0 Å². The summed E-state index contributed by atoms with van der Waals surface area (Å²) in [6, 6.07) is 1.88. The summed E-state index contributed by atoms with van der Waals surface area (Å²) in [5.74, 6) is 1.04. The maximum absolute atomic E-state index is 12.2. The third-order valence-electron chi connectivity index (χ3n) is 5.52. The highest BCUT2D eigenvalue weighted by Gasteiger charge is 2.62. The quantitative estimate of drug-likeness (QED) is 0.846. The minimum atomic E-state index is 0.0408. The number of carbonyl (C=O) groups is 1. The molecule has 1 spiro atoms. The number of amides is 1. The zero-order valence-corrected chi connectivity index (χ0v) is 13.5. The third kappa shape index (κ3) is 2.23. The molecule has 1 aromatic heterocycles. The number of likely N-dealkylation sites (tertiary alicyclic amines) is 1. The normalized spacial score (nSPS) is 36.5. The van der Waals surface area contributed by atoms with Gasteiger partial charge in [-0.15, -0.1) is 6.58 Å². The van der Waals surface area contributed by atoms with Crippen molar-refractivity contribution in [1.82, 2.24) is 10.2 Å². The van der Waals surface area contributed by atoms with E-state index in [1.54, 1.807) is 11.3 Å². The first-order valence-corrected chi connectivity index (χ1v) is 8.97. The Morgan fingerprint density at radius 1 is 1.64 bits per heavy atom. The van der Waals surface area contributed by atoms with E-state index in [1.807, 2.05) is 22.9 Å². The lowest BCUT2D eigenvalue weighted by molar-refractivity contribution is 0.00366. The Morgan fingerprint density at radius 2 is 2.55 bits per heavy atom. The van der Waals surface area contributed by atoms with Gasteiger partial charge in [0.1, 0.15) is 0 Å². The Bertz CT molecular complexity index is 573. The van der Waals surface area contributed by atoms with Crippen molar-refractivity contribution in [3.63, 3.8) is 0 Å². The Kier molecular flexibility index (Phi) is 3.59. The van der Waals surface area contributed by atoms with Crippen molar-refractivity contribution < 1.29 is 9.53 Å². The number of thiophene rings is 1. The highest BCUT2D eigenvalue weighted by atomic mass is 32.1. The topological polar surface area (TPSA) is 41.6 Å². The van der Waals surface area contributed by atoms with Crippen LogP contribution in [0.15, 0.2) is 29.5 Å². The molecule has 0 radical (unpaired) electrons. The average Bonchev–Trinajstić information content (AvgIpc) is 3.25. The van der Waals surface area contributed by atoms with Gasteiger partial charge in [-0.25, -0.2) is 0 Å². The van der Waals surface area contributed by atoms with E-state index < -0.39 is 0 Å². The second-order valence-corrected chi connectivity index (χ2v) is 7.51. The van der Waals surface area contributed by atoms with Crippen LogP contribution in [0.25, 0.3) is 0 Å². The minimum absolute atomic E-state index is 0.0408. The fourth-order valence-corrected chi connectivity index (χ4v) is 5.22. The van der Waals surface area contributed by atoms with Gasteiger partial charge in [-0.3, -0.25) is 9.69 Å². The highest BCUT2D eigenvalue weighted by Crippen LogP contribution is 2.54. The predicted octanol–water partition coefficient (Wildman–Crippen LogP) is 2.14. The first kappa shape index (κ1) is 14.4. The lowest BCUT2D eigenvalue weighted by Crippen LogP contribution is -2.41. The summed E-state index contributed by atoms with van der Waals surface area (Å²) in [7, 11) is 0. The highest BCUT2D eigenvalue weighted by molar-refractivity contribution is 7.08.